The maximum Gasteiger partial charge on any atom is 0.314 e. The van der Waals surface area contributed by atoms with E-state index in [1.807, 2.05) is 26.0 Å². The third-order valence-corrected chi connectivity index (χ3v) is 6.48. The second-order valence-electron chi connectivity index (χ2n) is 6.56. The van der Waals surface area contributed by atoms with Crippen molar-refractivity contribution in [2.75, 3.05) is 13.1 Å². The topological polar surface area (TPSA) is 76.6 Å². The first kappa shape index (κ1) is 18.5. The Kier molecular flexibility index (Phi) is 5.38. The van der Waals surface area contributed by atoms with Gasteiger partial charge in [0.1, 0.15) is 10.6 Å². The highest BCUT2D eigenvalue weighted by Gasteiger charge is 2.33. The van der Waals surface area contributed by atoms with Crippen molar-refractivity contribution in [3.8, 4) is 5.75 Å². The molecule has 1 aromatic heterocycles. The van der Waals surface area contributed by atoms with Crippen LogP contribution in [0.5, 0.6) is 5.75 Å². The van der Waals surface area contributed by atoms with Crippen molar-refractivity contribution >= 4 is 16.0 Å². The van der Waals surface area contributed by atoms with Gasteiger partial charge in [-0.2, -0.15) is 4.31 Å². The smallest absolute Gasteiger partial charge is 0.314 e. The van der Waals surface area contributed by atoms with Gasteiger partial charge >= 0.3 is 5.97 Å². The SMILES string of the molecule is Cc1ccc(OC(=O)C2CCN(S(=O)(=O)c3cccnc3)CC2)c(C)c1. The van der Waals surface area contributed by atoms with Gasteiger partial charge in [-0.15, -0.1) is 0 Å². The lowest BCUT2D eigenvalue weighted by atomic mass is 9.98. The number of ether oxygens (including phenoxy) is 1. The molecular weight excluding hydrogens is 352 g/mol. The molecule has 6 nitrogen and oxygen atoms in total. The molecule has 7 heteroatoms. The number of carbonyl (C=O) groups excluding carboxylic acids is 1. The zero-order chi connectivity index (χ0) is 18.7. The van der Waals surface area contributed by atoms with Gasteiger partial charge in [0.25, 0.3) is 0 Å². The number of aromatic nitrogens is 1. The summed E-state index contributed by atoms with van der Waals surface area (Å²) < 4.78 is 32.1. The minimum Gasteiger partial charge on any atom is -0.426 e. The van der Waals surface area contributed by atoms with Gasteiger partial charge in [0.15, 0.2) is 0 Å². The summed E-state index contributed by atoms with van der Waals surface area (Å²) >= 11 is 0. The van der Waals surface area contributed by atoms with Crippen LogP contribution in [0, 0.1) is 19.8 Å². The van der Waals surface area contributed by atoms with Crippen LogP contribution in [0.2, 0.25) is 0 Å². The minimum atomic E-state index is -3.56. The van der Waals surface area contributed by atoms with Crippen molar-refractivity contribution < 1.29 is 17.9 Å². The Morgan fingerprint density at radius 1 is 1.19 bits per heavy atom. The molecule has 3 rings (SSSR count). The number of hydrogen-bond acceptors (Lipinski definition) is 5. The van der Waals surface area contributed by atoms with Crippen LogP contribution in [0.3, 0.4) is 0 Å². The van der Waals surface area contributed by atoms with E-state index in [9.17, 15) is 13.2 Å². The number of aryl methyl sites for hydroxylation is 2. The molecule has 0 unspecified atom stereocenters. The molecule has 0 amide bonds. The maximum atomic E-state index is 12.6. The maximum absolute atomic E-state index is 12.6. The normalized spacial score (nSPS) is 16.4. The average Bonchev–Trinajstić information content (AvgIpc) is 2.65. The Labute approximate surface area is 153 Å². The number of rotatable bonds is 4. The van der Waals surface area contributed by atoms with Gasteiger partial charge in [0.05, 0.1) is 5.92 Å². The zero-order valence-electron chi connectivity index (χ0n) is 14.9. The summed E-state index contributed by atoms with van der Waals surface area (Å²) in [6.45, 7) is 4.48. The largest absolute Gasteiger partial charge is 0.426 e. The number of hydrogen-bond donors (Lipinski definition) is 0. The molecule has 1 aliphatic rings. The summed E-state index contributed by atoms with van der Waals surface area (Å²) in [5.41, 5.74) is 2.02. The number of pyridine rings is 1. The Hall–Kier alpha value is -2.25. The Bertz CT molecular complexity index is 889. The van der Waals surface area contributed by atoms with E-state index in [0.717, 1.165) is 11.1 Å². The van der Waals surface area contributed by atoms with E-state index in [1.54, 1.807) is 12.1 Å². The molecule has 0 aliphatic carbocycles. The monoisotopic (exact) mass is 374 g/mol. The molecule has 0 bridgehead atoms. The molecule has 1 saturated heterocycles. The van der Waals surface area contributed by atoms with Crippen molar-refractivity contribution in [2.24, 2.45) is 5.92 Å². The third-order valence-electron chi connectivity index (χ3n) is 4.60. The quantitative estimate of drug-likeness (QED) is 0.607. The molecule has 0 N–H and O–H groups in total. The number of carbonyl (C=O) groups is 1. The molecule has 1 aromatic carbocycles. The van der Waals surface area contributed by atoms with Crippen LogP contribution in [-0.4, -0.2) is 36.8 Å². The van der Waals surface area contributed by atoms with Gasteiger partial charge in [-0.25, -0.2) is 8.42 Å². The van der Waals surface area contributed by atoms with E-state index in [2.05, 4.69) is 4.98 Å². The molecule has 1 aliphatic heterocycles. The summed E-state index contributed by atoms with van der Waals surface area (Å²) in [5.74, 6) is -0.0301. The lowest BCUT2D eigenvalue weighted by Crippen LogP contribution is -2.41. The fourth-order valence-electron chi connectivity index (χ4n) is 3.09. The minimum absolute atomic E-state index is 0.177. The van der Waals surface area contributed by atoms with Gasteiger partial charge in [-0.05, 0) is 50.5 Å². The molecule has 0 spiro atoms. The van der Waals surface area contributed by atoms with Crippen LogP contribution in [0.25, 0.3) is 0 Å². The molecule has 0 atom stereocenters. The number of benzene rings is 1. The van der Waals surface area contributed by atoms with Gasteiger partial charge < -0.3 is 4.74 Å². The Morgan fingerprint density at radius 2 is 1.92 bits per heavy atom. The predicted octanol–water partition coefficient (Wildman–Crippen LogP) is 2.70. The van der Waals surface area contributed by atoms with E-state index in [1.165, 1.54) is 22.8 Å². The molecule has 138 valence electrons. The summed E-state index contributed by atoms with van der Waals surface area (Å²) in [5, 5.41) is 0. The summed E-state index contributed by atoms with van der Waals surface area (Å²) in [6.07, 6.45) is 3.77. The fraction of sp³-hybridized carbons (Fsp3) is 0.368. The van der Waals surface area contributed by atoms with E-state index in [0.29, 0.717) is 31.7 Å². The number of esters is 1. The lowest BCUT2D eigenvalue weighted by Gasteiger charge is -2.30. The molecular formula is C19H22N2O4S. The van der Waals surface area contributed by atoms with Crippen molar-refractivity contribution in [3.05, 3.63) is 53.9 Å². The average molecular weight is 374 g/mol. The Balaban J connectivity index is 1.62. The van der Waals surface area contributed by atoms with Crippen molar-refractivity contribution in [1.82, 2.24) is 9.29 Å². The van der Waals surface area contributed by atoms with Gasteiger partial charge in [-0.1, -0.05) is 17.7 Å². The highest BCUT2D eigenvalue weighted by molar-refractivity contribution is 7.89. The fourth-order valence-corrected chi connectivity index (χ4v) is 4.52. The van der Waals surface area contributed by atoms with E-state index < -0.39 is 10.0 Å². The lowest BCUT2D eigenvalue weighted by molar-refractivity contribution is -0.140. The second kappa shape index (κ2) is 7.55. The molecule has 2 heterocycles. The van der Waals surface area contributed by atoms with Crippen LogP contribution in [0.15, 0.2) is 47.6 Å². The van der Waals surface area contributed by atoms with E-state index in [4.69, 9.17) is 4.74 Å². The molecule has 0 saturated carbocycles. The number of nitrogens with zero attached hydrogens (tertiary/aromatic N) is 2. The van der Waals surface area contributed by atoms with Crippen molar-refractivity contribution in [3.63, 3.8) is 0 Å². The number of sulfonamides is 1. The first-order chi connectivity index (χ1) is 12.4. The predicted molar refractivity (Wildman–Crippen MR) is 97.3 cm³/mol. The highest BCUT2D eigenvalue weighted by Crippen LogP contribution is 2.26. The molecule has 1 fully saturated rings. The first-order valence-corrected chi connectivity index (χ1v) is 10.0. The Morgan fingerprint density at radius 3 is 2.54 bits per heavy atom. The van der Waals surface area contributed by atoms with Gasteiger partial charge in [0.2, 0.25) is 10.0 Å². The summed E-state index contributed by atoms with van der Waals surface area (Å²) in [4.78, 5) is 16.5. The van der Waals surface area contributed by atoms with E-state index >= 15 is 0 Å². The zero-order valence-corrected chi connectivity index (χ0v) is 15.7. The van der Waals surface area contributed by atoms with Crippen molar-refractivity contribution in [1.29, 1.82) is 0 Å². The first-order valence-electron chi connectivity index (χ1n) is 8.57. The van der Waals surface area contributed by atoms with Gasteiger partial charge in [-0.3, -0.25) is 9.78 Å². The molecule has 26 heavy (non-hydrogen) atoms. The standard InChI is InChI=1S/C19H22N2O4S/c1-14-5-6-18(15(2)12-14)25-19(22)16-7-10-21(11-8-16)26(23,24)17-4-3-9-20-13-17/h3-6,9,12-13,16H,7-8,10-11H2,1-2H3. The molecule has 0 radical (unpaired) electrons. The van der Waals surface area contributed by atoms with Crippen LogP contribution < -0.4 is 4.74 Å². The van der Waals surface area contributed by atoms with Crippen LogP contribution in [0.4, 0.5) is 0 Å². The van der Waals surface area contributed by atoms with E-state index in [-0.39, 0.29) is 16.8 Å². The van der Waals surface area contributed by atoms with Crippen LogP contribution in [-0.2, 0) is 14.8 Å². The van der Waals surface area contributed by atoms with Crippen LogP contribution >= 0.6 is 0 Å². The highest BCUT2D eigenvalue weighted by atomic mass is 32.2. The van der Waals surface area contributed by atoms with Crippen LogP contribution in [0.1, 0.15) is 24.0 Å². The molecule has 2 aromatic rings. The third kappa shape index (κ3) is 3.94. The summed E-state index contributed by atoms with van der Waals surface area (Å²) in [6, 6.07) is 8.79. The second-order valence-corrected chi connectivity index (χ2v) is 8.50. The summed E-state index contributed by atoms with van der Waals surface area (Å²) in [7, 11) is -3.56. The van der Waals surface area contributed by atoms with Gasteiger partial charge in [0, 0.05) is 25.5 Å². The van der Waals surface area contributed by atoms with Crippen molar-refractivity contribution in [2.45, 2.75) is 31.6 Å². The number of piperidine rings is 1.